The lowest BCUT2D eigenvalue weighted by molar-refractivity contribution is 1.09. The molecule has 0 radical (unpaired) electrons. The van der Waals surface area contributed by atoms with Crippen LogP contribution < -0.4 is 11.1 Å². The van der Waals surface area contributed by atoms with Gasteiger partial charge in [-0.05, 0) is 17.7 Å². The molecule has 0 atom stereocenters. The van der Waals surface area contributed by atoms with Gasteiger partial charge in [-0.3, -0.25) is 0 Å². The van der Waals surface area contributed by atoms with E-state index in [1.807, 2.05) is 24.3 Å². The summed E-state index contributed by atoms with van der Waals surface area (Å²) in [5.41, 5.74) is 6.69. The minimum absolute atomic E-state index is 0.542. The first-order chi connectivity index (χ1) is 7.78. The molecular weight excluding hydrogens is 242 g/mol. The molecule has 1 aromatic carbocycles. The lowest BCUT2D eigenvalue weighted by Crippen LogP contribution is -1.98. The van der Waals surface area contributed by atoms with Crippen LogP contribution in [0.15, 0.2) is 30.5 Å². The van der Waals surface area contributed by atoms with E-state index in [2.05, 4.69) is 10.3 Å². The number of nitrogens with two attached hydrogens (primary N) is 1. The van der Waals surface area contributed by atoms with Gasteiger partial charge in [-0.15, -0.1) is 11.3 Å². The van der Waals surface area contributed by atoms with Gasteiger partial charge in [0.05, 0.1) is 0 Å². The standard InChI is InChI=1S/C11H12ClN3S/c12-9-3-1-8(2-4-9)6-14-11-15-7-10(5-13)16-11/h1-4,7H,5-6,13H2,(H,14,15). The van der Waals surface area contributed by atoms with Gasteiger partial charge in [0.1, 0.15) is 0 Å². The Kier molecular flexibility index (Phi) is 3.77. The minimum atomic E-state index is 0.542. The normalized spacial score (nSPS) is 10.4. The maximum absolute atomic E-state index is 5.81. The van der Waals surface area contributed by atoms with Crippen LogP contribution in [-0.4, -0.2) is 4.98 Å². The van der Waals surface area contributed by atoms with Crippen molar-refractivity contribution in [1.82, 2.24) is 4.98 Å². The fourth-order valence-electron chi connectivity index (χ4n) is 1.26. The molecule has 0 aliphatic heterocycles. The molecule has 0 aliphatic rings. The minimum Gasteiger partial charge on any atom is -0.357 e. The number of hydrogen-bond donors (Lipinski definition) is 2. The van der Waals surface area contributed by atoms with Crippen LogP contribution in [0.1, 0.15) is 10.4 Å². The molecule has 3 N–H and O–H groups in total. The highest BCUT2D eigenvalue weighted by molar-refractivity contribution is 7.15. The third kappa shape index (κ3) is 2.95. The van der Waals surface area contributed by atoms with Crippen molar-refractivity contribution in [1.29, 1.82) is 0 Å². The van der Waals surface area contributed by atoms with E-state index in [0.717, 1.165) is 21.6 Å². The number of nitrogens with one attached hydrogen (secondary N) is 1. The SMILES string of the molecule is NCc1cnc(NCc2ccc(Cl)cc2)s1. The fraction of sp³-hybridized carbons (Fsp3) is 0.182. The van der Waals surface area contributed by atoms with Crippen molar-refractivity contribution < 1.29 is 0 Å². The number of aromatic nitrogens is 1. The number of anilines is 1. The van der Waals surface area contributed by atoms with Gasteiger partial charge < -0.3 is 11.1 Å². The van der Waals surface area contributed by atoms with Crippen LogP contribution in [-0.2, 0) is 13.1 Å². The topological polar surface area (TPSA) is 50.9 Å². The Bertz CT molecular complexity index is 453. The van der Waals surface area contributed by atoms with Crippen LogP contribution in [0.5, 0.6) is 0 Å². The molecule has 0 spiro atoms. The number of hydrogen-bond acceptors (Lipinski definition) is 4. The molecule has 0 saturated carbocycles. The summed E-state index contributed by atoms with van der Waals surface area (Å²) in [5, 5.41) is 4.90. The smallest absolute Gasteiger partial charge is 0.183 e. The molecule has 0 unspecified atom stereocenters. The van der Waals surface area contributed by atoms with Crippen molar-refractivity contribution in [2.75, 3.05) is 5.32 Å². The lowest BCUT2D eigenvalue weighted by Gasteiger charge is -2.02. The first-order valence-corrected chi connectivity index (χ1v) is 6.10. The van der Waals surface area contributed by atoms with Crippen LogP contribution in [0.25, 0.3) is 0 Å². The zero-order valence-electron chi connectivity index (χ0n) is 8.61. The molecule has 2 rings (SSSR count). The second kappa shape index (κ2) is 5.30. The predicted octanol–water partition coefficient (Wildman–Crippen LogP) is 2.87. The summed E-state index contributed by atoms with van der Waals surface area (Å²) in [5.74, 6) is 0. The Morgan fingerprint density at radius 2 is 2.06 bits per heavy atom. The van der Waals surface area contributed by atoms with Gasteiger partial charge in [0.2, 0.25) is 0 Å². The van der Waals surface area contributed by atoms with E-state index in [1.54, 1.807) is 17.5 Å². The first kappa shape index (κ1) is 11.4. The average Bonchev–Trinajstić information content (AvgIpc) is 2.76. The van der Waals surface area contributed by atoms with E-state index in [-0.39, 0.29) is 0 Å². The van der Waals surface area contributed by atoms with Crippen molar-refractivity contribution in [3.63, 3.8) is 0 Å². The number of rotatable bonds is 4. The van der Waals surface area contributed by atoms with Gasteiger partial charge in [-0.2, -0.15) is 0 Å². The van der Waals surface area contributed by atoms with Gasteiger partial charge in [0.25, 0.3) is 0 Å². The van der Waals surface area contributed by atoms with Crippen molar-refractivity contribution in [2.24, 2.45) is 5.73 Å². The van der Waals surface area contributed by atoms with Gasteiger partial charge in [-0.1, -0.05) is 23.7 Å². The zero-order chi connectivity index (χ0) is 11.4. The lowest BCUT2D eigenvalue weighted by atomic mass is 10.2. The highest BCUT2D eigenvalue weighted by Crippen LogP contribution is 2.18. The number of nitrogens with zero attached hydrogens (tertiary/aromatic N) is 1. The molecule has 0 aliphatic carbocycles. The van der Waals surface area contributed by atoms with Crippen LogP contribution >= 0.6 is 22.9 Å². The number of thiazole rings is 1. The number of benzene rings is 1. The van der Waals surface area contributed by atoms with Crippen LogP contribution in [0.3, 0.4) is 0 Å². The van der Waals surface area contributed by atoms with Gasteiger partial charge in [0.15, 0.2) is 5.13 Å². The van der Waals surface area contributed by atoms with Crippen LogP contribution in [0.2, 0.25) is 5.02 Å². The predicted molar refractivity (Wildman–Crippen MR) is 68.8 cm³/mol. The van der Waals surface area contributed by atoms with Crippen LogP contribution in [0.4, 0.5) is 5.13 Å². The molecule has 2 aromatic rings. The van der Waals surface area contributed by atoms with Crippen molar-refractivity contribution in [3.05, 3.63) is 45.9 Å². The van der Waals surface area contributed by atoms with Crippen molar-refractivity contribution in [3.8, 4) is 0 Å². The maximum Gasteiger partial charge on any atom is 0.183 e. The quantitative estimate of drug-likeness (QED) is 0.881. The molecule has 1 heterocycles. The molecular formula is C11H12ClN3S. The molecule has 0 amide bonds. The molecule has 0 saturated heterocycles. The van der Waals surface area contributed by atoms with E-state index < -0.39 is 0 Å². The summed E-state index contributed by atoms with van der Waals surface area (Å²) in [6, 6.07) is 7.75. The summed E-state index contributed by atoms with van der Waals surface area (Å²) in [6.07, 6.45) is 1.80. The van der Waals surface area contributed by atoms with E-state index in [9.17, 15) is 0 Å². The highest BCUT2D eigenvalue weighted by Gasteiger charge is 1.99. The van der Waals surface area contributed by atoms with Crippen molar-refractivity contribution >= 4 is 28.1 Å². The average molecular weight is 254 g/mol. The molecule has 5 heteroatoms. The molecule has 3 nitrogen and oxygen atoms in total. The summed E-state index contributed by atoms with van der Waals surface area (Å²) in [4.78, 5) is 5.30. The zero-order valence-corrected chi connectivity index (χ0v) is 10.2. The Morgan fingerprint density at radius 3 is 2.69 bits per heavy atom. The number of halogens is 1. The Balaban J connectivity index is 1.94. The molecule has 0 bridgehead atoms. The van der Waals surface area contributed by atoms with Crippen molar-refractivity contribution in [2.45, 2.75) is 13.1 Å². The molecule has 1 aromatic heterocycles. The second-order valence-electron chi connectivity index (χ2n) is 3.32. The fourth-order valence-corrected chi connectivity index (χ4v) is 2.08. The third-order valence-corrected chi connectivity index (χ3v) is 3.34. The third-order valence-electron chi connectivity index (χ3n) is 2.11. The van der Waals surface area contributed by atoms with Gasteiger partial charge in [0, 0.05) is 29.2 Å². The summed E-state index contributed by atoms with van der Waals surface area (Å²) in [7, 11) is 0. The van der Waals surface area contributed by atoms with Crippen LogP contribution in [0, 0.1) is 0 Å². The van der Waals surface area contributed by atoms with E-state index >= 15 is 0 Å². The van der Waals surface area contributed by atoms with E-state index in [1.165, 1.54) is 5.56 Å². The summed E-state index contributed by atoms with van der Waals surface area (Å²) < 4.78 is 0. The van der Waals surface area contributed by atoms with E-state index in [4.69, 9.17) is 17.3 Å². The first-order valence-electron chi connectivity index (χ1n) is 4.91. The highest BCUT2D eigenvalue weighted by atomic mass is 35.5. The maximum atomic E-state index is 5.81. The Labute approximate surface area is 103 Å². The monoisotopic (exact) mass is 253 g/mol. The molecule has 16 heavy (non-hydrogen) atoms. The van der Waals surface area contributed by atoms with Gasteiger partial charge >= 0.3 is 0 Å². The molecule has 0 fully saturated rings. The summed E-state index contributed by atoms with van der Waals surface area (Å²) >= 11 is 7.39. The second-order valence-corrected chi connectivity index (χ2v) is 4.87. The largest absolute Gasteiger partial charge is 0.357 e. The Hall–Kier alpha value is -1.10. The Morgan fingerprint density at radius 1 is 1.31 bits per heavy atom. The summed E-state index contributed by atoms with van der Waals surface area (Å²) in [6.45, 7) is 1.29. The van der Waals surface area contributed by atoms with E-state index in [0.29, 0.717) is 6.54 Å². The molecule has 84 valence electrons. The van der Waals surface area contributed by atoms with Gasteiger partial charge in [-0.25, -0.2) is 4.98 Å².